The number of anilines is 1. The predicted molar refractivity (Wildman–Crippen MR) is 167 cm³/mol. The monoisotopic (exact) mass is 613 g/mol. The molecule has 0 saturated heterocycles. The molecule has 0 fully saturated rings. The van der Waals surface area contributed by atoms with E-state index in [0.29, 0.717) is 23.8 Å². The molecule has 0 aliphatic heterocycles. The molecular formula is C32H40ClN3O5S. The Morgan fingerprint density at radius 1 is 0.952 bits per heavy atom. The Balaban J connectivity index is 2.13. The van der Waals surface area contributed by atoms with Gasteiger partial charge in [-0.15, -0.1) is 0 Å². The van der Waals surface area contributed by atoms with E-state index in [2.05, 4.69) is 5.32 Å². The minimum absolute atomic E-state index is 0.0334. The van der Waals surface area contributed by atoms with Crippen molar-refractivity contribution in [1.82, 2.24) is 10.2 Å². The number of nitrogens with zero attached hydrogens (tertiary/aromatic N) is 2. The van der Waals surface area contributed by atoms with Crippen molar-refractivity contribution in [2.45, 2.75) is 71.0 Å². The van der Waals surface area contributed by atoms with E-state index in [0.717, 1.165) is 15.4 Å². The van der Waals surface area contributed by atoms with Gasteiger partial charge in [0.2, 0.25) is 11.8 Å². The Kier molecular flexibility index (Phi) is 11.0. The highest BCUT2D eigenvalue weighted by Crippen LogP contribution is 2.33. The standard InChI is InChI=1S/C32H40ClN3O5S/c1-7-27(31(38)34-32(4,5)6)35(21-24-14-10-9-13-23(24)3)30(37)22-36(28-15-11-12-16-29(28)41-8-2)42(39,40)26-19-17-25(33)18-20-26/h9-20,27H,7-8,21-22H2,1-6H3,(H,34,38)/t27-/m1/s1. The molecule has 1 atom stereocenters. The minimum Gasteiger partial charge on any atom is -0.492 e. The summed E-state index contributed by atoms with van der Waals surface area (Å²) >= 11 is 6.04. The number of amides is 2. The average Bonchev–Trinajstić information content (AvgIpc) is 2.92. The number of para-hydroxylation sites is 2. The highest BCUT2D eigenvalue weighted by Gasteiger charge is 2.35. The summed E-state index contributed by atoms with van der Waals surface area (Å²) in [5.74, 6) is -0.528. The van der Waals surface area contributed by atoms with Crippen LogP contribution in [-0.2, 0) is 26.2 Å². The van der Waals surface area contributed by atoms with Gasteiger partial charge in [-0.3, -0.25) is 13.9 Å². The fourth-order valence-corrected chi connectivity index (χ4v) is 6.08. The molecule has 42 heavy (non-hydrogen) atoms. The van der Waals surface area contributed by atoms with Gasteiger partial charge in [0, 0.05) is 17.1 Å². The number of nitrogens with one attached hydrogen (secondary N) is 1. The van der Waals surface area contributed by atoms with Crippen molar-refractivity contribution >= 4 is 39.1 Å². The molecule has 0 heterocycles. The van der Waals surface area contributed by atoms with Crippen LogP contribution in [0.2, 0.25) is 5.02 Å². The maximum Gasteiger partial charge on any atom is 0.264 e. The Morgan fingerprint density at radius 3 is 2.17 bits per heavy atom. The fourth-order valence-electron chi connectivity index (χ4n) is 4.53. The fraction of sp³-hybridized carbons (Fsp3) is 0.375. The van der Waals surface area contributed by atoms with Crippen molar-refractivity contribution < 1.29 is 22.7 Å². The molecule has 1 N–H and O–H groups in total. The molecule has 226 valence electrons. The first kappa shape index (κ1) is 32.9. The predicted octanol–water partition coefficient (Wildman–Crippen LogP) is 5.96. The molecule has 0 radical (unpaired) electrons. The molecule has 8 nitrogen and oxygen atoms in total. The molecule has 0 aliphatic rings. The highest BCUT2D eigenvalue weighted by molar-refractivity contribution is 7.92. The first-order chi connectivity index (χ1) is 19.8. The van der Waals surface area contributed by atoms with Crippen LogP contribution in [0.1, 0.15) is 52.2 Å². The van der Waals surface area contributed by atoms with Crippen LogP contribution in [0.5, 0.6) is 5.75 Å². The zero-order chi connectivity index (χ0) is 31.1. The van der Waals surface area contributed by atoms with Gasteiger partial charge in [-0.25, -0.2) is 8.42 Å². The largest absolute Gasteiger partial charge is 0.492 e. The molecule has 2 amide bonds. The zero-order valence-electron chi connectivity index (χ0n) is 25.1. The number of hydrogen-bond donors (Lipinski definition) is 1. The third kappa shape index (κ3) is 8.26. The van der Waals surface area contributed by atoms with E-state index in [1.807, 2.05) is 58.9 Å². The summed E-state index contributed by atoms with van der Waals surface area (Å²) in [5.41, 5.74) is 1.50. The van der Waals surface area contributed by atoms with E-state index in [1.165, 1.54) is 29.2 Å². The Bertz CT molecular complexity index is 1490. The van der Waals surface area contributed by atoms with Crippen molar-refractivity contribution in [2.75, 3.05) is 17.5 Å². The molecule has 3 aromatic carbocycles. The molecule has 3 rings (SSSR count). The van der Waals surface area contributed by atoms with Gasteiger partial charge in [0.25, 0.3) is 10.0 Å². The third-order valence-electron chi connectivity index (χ3n) is 6.60. The SMILES string of the molecule is CCOc1ccccc1N(CC(=O)N(Cc1ccccc1C)[C@H](CC)C(=O)NC(C)(C)C)S(=O)(=O)c1ccc(Cl)cc1. The summed E-state index contributed by atoms with van der Waals surface area (Å²) in [6.07, 6.45) is 0.332. The van der Waals surface area contributed by atoms with Crippen LogP contribution in [0.3, 0.4) is 0 Å². The summed E-state index contributed by atoms with van der Waals surface area (Å²) < 4.78 is 35.0. The van der Waals surface area contributed by atoms with Gasteiger partial charge in [-0.1, -0.05) is 54.9 Å². The second-order valence-corrected chi connectivity index (χ2v) is 13.3. The molecule has 0 saturated carbocycles. The smallest absolute Gasteiger partial charge is 0.264 e. The van der Waals surface area contributed by atoms with E-state index >= 15 is 0 Å². The number of halogens is 1. The number of hydrogen-bond acceptors (Lipinski definition) is 5. The molecule has 0 bridgehead atoms. The van der Waals surface area contributed by atoms with Gasteiger partial charge in [-0.05, 0) is 88.6 Å². The number of carbonyl (C=O) groups is 2. The van der Waals surface area contributed by atoms with Crippen LogP contribution in [0, 0.1) is 6.92 Å². The van der Waals surface area contributed by atoms with Crippen LogP contribution in [0.15, 0.2) is 77.7 Å². The van der Waals surface area contributed by atoms with E-state index < -0.39 is 34.1 Å². The number of ether oxygens (including phenoxy) is 1. The summed E-state index contributed by atoms with van der Waals surface area (Å²) in [4.78, 5) is 29.2. The third-order valence-corrected chi connectivity index (χ3v) is 8.63. The highest BCUT2D eigenvalue weighted by atomic mass is 35.5. The number of rotatable bonds is 12. The summed E-state index contributed by atoms with van der Waals surface area (Å²) in [7, 11) is -4.26. The van der Waals surface area contributed by atoms with Crippen LogP contribution in [-0.4, -0.2) is 49.9 Å². The Labute approximate surface area is 254 Å². The Hall–Kier alpha value is -3.56. The van der Waals surface area contributed by atoms with Gasteiger partial charge in [0.15, 0.2) is 0 Å². The van der Waals surface area contributed by atoms with Crippen molar-refractivity contribution in [3.8, 4) is 5.75 Å². The second-order valence-electron chi connectivity index (χ2n) is 11.0. The van der Waals surface area contributed by atoms with Crippen LogP contribution in [0.25, 0.3) is 0 Å². The van der Waals surface area contributed by atoms with Gasteiger partial charge in [0.1, 0.15) is 18.3 Å². The van der Waals surface area contributed by atoms with E-state index in [9.17, 15) is 18.0 Å². The number of aryl methyl sites for hydroxylation is 1. The van der Waals surface area contributed by atoms with Gasteiger partial charge in [-0.2, -0.15) is 0 Å². The van der Waals surface area contributed by atoms with E-state index in [4.69, 9.17) is 16.3 Å². The van der Waals surface area contributed by atoms with Crippen LogP contribution >= 0.6 is 11.6 Å². The van der Waals surface area contributed by atoms with Crippen molar-refractivity contribution in [3.63, 3.8) is 0 Å². The number of benzene rings is 3. The first-order valence-corrected chi connectivity index (χ1v) is 15.8. The van der Waals surface area contributed by atoms with E-state index in [-0.39, 0.29) is 23.0 Å². The molecule has 10 heteroatoms. The summed E-state index contributed by atoms with van der Waals surface area (Å²) in [5, 5.41) is 3.36. The van der Waals surface area contributed by atoms with Crippen molar-refractivity contribution in [2.24, 2.45) is 0 Å². The lowest BCUT2D eigenvalue weighted by Crippen LogP contribution is -2.55. The molecule has 0 aliphatic carbocycles. The van der Waals surface area contributed by atoms with Crippen LogP contribution in [0.4, 0.5) is 5.69 Å². The zero-order valence-corrected chi connectivity index (χ0v) is 26.6. The molecule has 0 spiro atoms. The number of sulfonamides is 1. The van der Waals surface area contributed by atoms with Gasteiger partial charge < -0.3 is 15.0 Å². The minimum atomic E-state index is -4.26. The summed E-state index contributed by atoms with van der Waals surface area (Å²) in [6.45, 7) is 11.0. The maximum absolute atomic E-state index is 14.3. The van der Waals surface area contributed by atoms with E-state index in [1.54, 1.807) is 31.2 Å². The summed E-state index contributed by atoms with van der Waals surface area (Å²) in [6, 6.07) is 19.2. The molecule has 0 aromatic heterocycles. The van der Waals surface area contributed by atoms with Crippen LogP contribution < -0.4 is 14.4 Å². The lowest BCUT2D eigenvalue weighted by atomic mass is 10.0. The topological polar surface area (TPSA) is 96.0 Å². The Morgan fingerprint density at radius 2 is 1.57 bits per heavy atom. The second kappa shape index (κ2) is 14.1. The van der Waals surface area contributed by atoms with Crippen molar-refractivity contribution in [1.29, 1.82) is 0 Å². The maximum atomic E-state index is 14.3. The quantitative estimate of drug-likeness (QED) is 0.272. The lowest BCUT2D eigenvalue weighted by Gasteiger charge is -2.35. The molecular weight excluding hydrogens is 574 g/mol. The lowest BCUT2D eigenvalue weighted by molar-refractivity contribution is -0.141. The molecule has 0 unspecified atom stereocenters. The first-order valence-electron chi connectivity index (χ1n) is 13.9. The average molecular weight is 614 g/mol. The van der Waals surface area contributed by atoms with Gasteiger partial charge in [0.05, 0.1) is 17.2 Å². The molecule has 3 aromatic rings. The van der Waals surface area contributed by atoms with Gasteiger partial charge >= 0.3 is 0 Å². The van der Waals surface area contributed by atoms with Crippen molar-refractivity contribution in [3.05, 3.63) is 88.9 Å². The normalized spacial score (nSPS) is 12.4. The number of carbonyl (C=O) groups excluding carboxylic acids is 2.